The number of carbonyl (C=O) groups is 1. The van der Waals surface area contributed by atoms with E-state index in [1.807, 2.05) is 19.1 Å². The predicted octanol–water partition coefficient (Wildman–Crippen LogP) is 4.78. The minimum Gasteiger partial charge on any atom is -0.310 e. The highest BCUT2D eigenvalue weighted by atomic mass is 35.5. The molecule has 3 nitrogen and oxygen atoms in total. The highest BCUT2D eigenvalue weighted by Crippen LogP contribution is 2.21. The molecule has 0 saturated carbocycles. The molecule has 0 heterocycles. The molecule has 0 bridgehead atoms. The lowest BCUT2D eigenvalue weighted by molar-refractivity contribution is 0.0977. The topological polar surface area (TPSA) is 41.5 Å². The lowest BCUT2D eigenvalue weighted by Gasteiger charge is -2.06. The lowest BCUT2D eigenvalue weighted by Crippen LogP contribution is -2.28. The van der Waals surface area contributed by atoms with E-state index >= 15 is 0 Å². The average Bonchev–Trinajstić information content (AvgIpc) is 2.37. The van der Waals surface area contributed by atoms with Crippen LogP contribution in [-0.4, -0.2) is 11.7 Å². The Balaban J connectivity index is 2.15. The van der Waals surface area contributed by atoms with Crippen LogP contribution in [0.2, 0.25) is 10.0 Å². The molecule has 0 unspecified atom stereocenters. The molecule has 0 atom stereocenters. The summed E-state index contributed by atoms with van der Waals surface area (Å²) < 4.78 is 0. The van der Waals surface area contributed by atoms with Gasteiger partial charge in [-0.15, -0.1) is 0 Å². The van der Waals surface area contributed by atoms with Gasteiger partial charge in [0.2, 0.25) is 0 Å². The second-order valence-corrected chi connectivity index (χ2v) is 5.52. The molecule has 1 N–H and O–H groups in total. The van der Waals surface area contributed by atoms with Crippen LogP contribution in [0.3, 0.4) is 0 Å². The van der Waals surface area contributed by atoms with Crippen LogP contribution in [0.25, 0.3) is 0 Å². The quantitative estimate of drug-likeness (QED) is 0.627. The first kappa shape index (κ1) is 15.5. The molecule has 1 amide bonds. The van der Waals surface area contributed by atoms with Crippen LogP contribution < -0.4 is 5.32 Å². The molecule has 108 valence electrons. The first-order chi connectivity index (χ1) is 9.94. The van der Waals surface area contributed by atoms with Crippen molar-refractivity contribution < 1.29 is 4.79 Å². The normalized spacial score (nSPS) is 11.3. The molecule has 2 rings (SSSR count). The van der Waals surface area contributed by atoms with Gasteiger partial charge in [-0.2, -0.15) is 0 Å². The Kier molecular flexibility index (Phi) is 4.99. The Morgan fingerprint density at radius 3 is 2.52 bits per heavy atom. The Morgan fingerprint density at radius 1 is 1.10 bits per heavy atom. The summed E-state index contributed by atoms with van der Waals surface area (Å²) in [4.78, 5) is 16.4. The number of hydrogen-bond donors (Lipinski definition) is 1. The van der Waals surface area contributed by atoms with Gasteiger partial charge in [0.1, 0.15) is 5.84 Å². The van der Waals surface area contributed by atoms with E-state index in [1.54, 1.807) is 37.3 Å². The second kappa shape index (κ2) is 6.74. The van der Waals surface area contributed by atoms with Gasteiger partial charge in [-0.25, -0.2) is 4.99 Å². The number of nitrogens with zero attached hydrogens (tertiary/aromatic N) is 1. The zero-order valence-corrected chi connectivity index (χ0v) is 13.2. The van der Waals surface area contributed by atoms with Crippen molar-refractivity contribution in [2.24, 2.45) is 4.99 Å². The summed E-state index contributed by atoms with van der Waals surface area (Å²) in [6.07, 6.45) is 0. The summed E-state index contributed by atoms with van der Waals surface area (Å²) in [5.41, 5.74) is 2.19. The van der Waals surface area contributed by atoms with E-state index in [4.69, 9.17) is 23.2 Å². The number of rotatable bonds is 2. The summed E-state index contributed by atoms with van der Waals surface area (Å²) in [5, 5.41) is 3.85. The van der Waals surface area contributed by atoms with E-state index in [0.29, 0.717) is 27.1 Å². The number of carbonyl (C=O) groups excluding carboxylic acids is 1. The van der Waals surface area contributed by atoms with Gasteiger partial charge in [-0.05, 0) is 55.8 Å². The minimum atomic E-state index is -0.252. The van der Waals surface area contributed by atoms with Crippen molar-refractivity contribution in [2.75, 3.05) is 0 Å². The summed E-state index contributed by atoms with van der Waals surface area (Å²) >= 11 is 11.8. The van der Waals surface area contributed by atoms with Crippen LogP contribution in [0.15, 0.2) is 47.5 Å². The maximum atomic E-state index is 12.1. The number of hydrogen-bond acceptors (Lipinski definition) is 2. The summed E-state index contributed by atoms with van der Waals surface area (Å²) in [5.74, 6) is 0.235. The highest BCUT2D eigenvalue weighted by molar-refractivity contribution is 6.31. The molecule has 0 saturated heterocycles. The van der Waals surface area contributed by atoms with Crippen LogP contribution in [0.5, 0.6) is 0 Å². The van der Waals surface area contributed by atoms with Gasteiger partial charge in [0.15, 0.2) is 0 Å². The molecule has 0 radical (unpaired) electrons. The van der Waals surface area contributed by atoms with Crippen LogP contribution in [0.1, 0.15) is 22.8 Å². The number of benzene rings is 2. The molecule has 0 aliphatic heterocycles. The fraction of sp³-hybridized carbons (Fsp3) is 0.125. The van der Waals surface area contributed by atoms with E-state index in [1.165, 1.54) is 0 Å². The van der Waals surface area contributed by atoms with Crippen molar-refractivity contribution in [1.29, 1.82) is 0 Å². The number of aliphatic imine (C=N–C) groups is 1. The van der Waals surface area contributed by atoms with Gasteiger partial charge < -0.3 is 5.32 Å². The van der Waals surface area contributed by atoms with Crippen molar-refractivity contribution in [3.05, 3.63) is 63.6 Å². The van der Waals surface area contributed by atoms with Gasteiger partial charge >= 0.3 is 0 Å². The molecule has 21 heavy (non-hydrogen) atoms. The summed E-state index contributed by atoms with van der Waals surface area (Å²) in [7, 11) is 0. The summed E-state index contributed by atoms with van der Waals surface area (Å²) in [6, 6.07) is 12.2. The number of nitrogens with one attached hydrogen (secondary N) is 1. The third-order valence-electron chi connectivity index (χ3n) is 2.70. The van der Waals surface area contributed by atoms with Crippen LogP contribution in [0, 0.1) is 6.92 Å². The van der Waals surface area contributed by atoms with Crippen molar-refractivity contribution in [1.82, 2.24) is 5.32 Å². The van der Waals surface area contributed by atoms with Crippen molar-refractivity contribution in [2.45, 2.75) is 13.8 Å². The van der Waals surface area contributed by atoms with E-state index in [0.717, 1.165) is 5.56 Å². The number of amides is 1. The average molecular weight is 321 g/mol. The molecular formula is C16H14Cl2N2O. The van der Waals surface area contributed by atoms with Crippen LogP contribution >= 0.6 is 23.2 Å². The Hall–Kier alpha value is -1.84. The van der Waals surface area contributed by atoms with Gasteiger partial charge in [-0.3, -0.25) is 4.79 Å². The minimum absolute atomic E-state index is 0.252. The van der Waals surface area contributed by atoms with Crippen molar-refractivity contribution >= 4 is 40.6 Å². The monoisotopic (exact) mass is 320 g/mol. The first-order valence-electron chi connectivity index (χ1n) is 6.33. The Labute approximate surface area is 133 Å². The van der Waals surface area contributed by atoms with Gasteiger partial charge in [-0.1, -0.05) is 29.3 Å². The van der Waals surface area contributed by atoms with Crippen LogP contribution in [0.4, 0.5) is 5.69 Å². The maximum absolute atomic E-state index is 12.1. The molecule has 2 aromatic rings. The van der Waals surface area contributed by atoms with Crippen molar-refractivity contribution in [3.8, 4) is 0 Å². The first-order valence-corrected chi connectivity index (χ1v) is 7.09. The van der Waals surface area contributed by atoms with E-state index in [2.05, 4.69) is 10.3 Å². The third-order valence-corrected chi connectivity index (χ3v) is 3.16. The van der Waals surface area contributed by atoms with Gasteiger partial charge in [0.05, 0.1) is 5.69 Å². The van der Waals surface area contributed by atoms with Crippen LogP contribution in [-0.2, 0) is 0 Å². The zero-order valence-electron chi connectivity index (χ0n) is 11.7. The highest BCUT2D eigenvalue weighted by Gasteiger charge is 2.07. The standard InChI is InChI=1S/C16H14Cl2N2O/c1-10-6-14(18)9-15(7-10)19-11(2)20-16(21)12-4-3-5-13(17)8-12/h3-9H,1-2H3,(H,19,20,21). The largest absolute Gasteiger partial charge is 0.310 e. The Morgan fingerprint density at radius 2 is 1.86 bits per heavy atom. The molecule has 0 spiro atoms. The fourth-order valence-electron chi connectivity index (χ4n) is 1.87. The smallest absolute Gasteiger partial charge is 0.256 e. The molecule has 0 fully saturated rings. The number of amidine groups is 1. The second-order valence-electron chi connectivity index (χ2n) is 4.65. The molecule has 5 heteroatoms. The predicted molar refractivity (Wildman–Crippen MR) is 87.9 cm³/mol. The molecule has 0 aliphatic rings. The SMILES string of the molecule is CC(=Nc1cc(C)cc(Cl)c1)NC(=O)c1cccc(Cl)c1. The Bertz CT molecular complexity index is 691. The lowest BCUT2D eigenvalue weighted by atomic mass is 10.2. The molecule has 0 aliphatic carbocycles. The van der Waals surface area contributed by atoms with Gasteiger partial charge in [0, 0.05) is 15.6 Å². The zero-order chi connectivity index (χ0) is 15.4. The van der Waals surface area contributed by atoms with E-state index in [-0.39, 0.29) is 5.91 Å². The van der Waals surface area contributed by atoms with Gasteiger partial charge in [0.25, 0.3) is 5.91 Å². The van der Waals surface area contributed by atoms with E-state index < -0.39 is 0 Å². The van der Waals surface area contributed by atoms with Crippen molar-refractivity contribution in [3.63, 3.8) is 0 Å². The molecule has 2 aromatic carbocycles. The third kappa shape index (κ3) is 4.59. The number of aryl methyl sites for hydroxylation is 1. The fourth-order valence-corrected chi connectivity index (χ4v) is 2.34. The maximum Gasteiger partial charge on any atom is 0.256 e. The molecule has 0 aromatic heterocycles. The summed E-state index contributed by atoms with van der Waals surface area (Å²) in [6.45, 7) is 3.66. The van der Waals surface area contributed by atoms with E-state index in [9.17, 15) is 4.79 Å². The molecular weight excluding hydrogens is 307 g/mol. The number of halogens is 2.